The van der Waals surface area contributed by atoms with Crippen LogP contribution >= 0.6 is 11.6 Å². The third-order valence-corrected chi connectivity index (χ3v) is 3.76. The molecule has 0 bridgehead atoms. The van der Waals surface area contributed by atoms with E-state index in [0.717, 1.165) is 5.56 Å². The first-order chi connectivity index (χ1) is 11.6. The number of rotatable bonds is 6. The minimum Gasteiger partial charge on any atom is -0.496 e. The second-order valence-electron chi connectivity index (χ2n) is 5.03. The van der Waals surface area contributed by atoms with Crippen LogP contribution in [0.4, 0.5) is 0 Å². The SMILES string of the molecule is COC(=O)C(NCc1cc(Cl)ccc1OC)c1cccc(C#N)c1. The molecule has 0 radical (unpaired) electrons. The number of nitrogens with one attached hydrogen (secondary N) is 1. The summed E-state index contributed by atoms with van der Waals surface area (Å²) in [6.45, 7) is 0.348. The third-order valence-electron chi connectivity index (χ3n) is 3.53. The fourth-order valence-corrected chi connectivity index (χ4v) is 2.53. The van der Waals surface area contributed by atoms with Crippen molar-refractivity contribution in [3.63, 3.8) is 0 Å². The van der Waals surface area contributed by atoms with Gasteiger partial charge in [0.2, 0.25) is 0 Å². The molecule has 1 N–H and O–H groups in total. The lowest BCUT2D eigenvalue weighted by Crippen LogP contribution is -2.29. The van der Waals surface area contributed by atoms with Gasteiger partial charge in [-0.2, -0.15) is 5.26 Å². The number of hydrogen-bond acceptors (Lipinski definition) is 5. The molecule has 0 saturated carbocycles. The highest BCUT2D eigenvalue weighted by Gasteiger charge is 2.21. The fraction of sp³-hybridized carbons (Fsp3) is 0.222. The third kappa shape index (κ3) is 4.25. The zero-order chi connectivity index (χ0) is 17.5. The van der Waals surface area contributed by atoms with Crippen LogP contribution in [0.25, 0.3) is 0 Å². The van der Waals surface area contributed by atoms with Crippen molar-refractivity contribution in [2.45, 2.75) is 12.6 Å². The second kappa shape index (κ2) is 8.34. The molecule has 1 atom stereocenters. The number of esters is 1. The standard InChI is InChI=1S/C18H17ClN2O3/c1-23-16-7-6-15(19)9-14(16)11-21-17(18(22)24-2)13-5-3-4-12(8-13)10-20/h3-9,17,21H,11H2,1-2H3. The smallest absolute Gasteiger partial charge is 0.327 e. The van der Waals surface area contributed by atoms with Gasteiger partial charge in [-0.1, -0.05) is 23.7 Å². The minimum absolute atomic E-state index is 0.348. The van der Waals surface area contributed by atoms with Crippen molar-refractivity contribution in [3.05, 3.63) is 64.2 Å². The first-order valence-corrected chi connectivity index (χ1v) is 7.60. The maximum Gasteiger partial charge on any atom is 0.327 e. The van der Waals surface area contributed by atoms with E-state index >= 15 is 0 Å². The molecule has 0 heterocycles. The second-order valence-corrected chi connectivity index (χ2v) is 5.47. The molecule has 0 fully saturated rings. The Morgan fingerprint density at radius 1 is 1.29 bits per heavy atom. The largest absolute Gasteiger partial charge is 0.496 e. The summed E-state index contributed by atoms with van der Waals surface area (Å²) in [6, 6.07) is 13.5. The van der Waals surface area contributed by atoms with Crippen molar-refractivity contribution in [3.8, 4) is 11.8 Å². The highest BCUT2D eigenvalue weighted by molar-refractivity contribution is 6.30. The lowest BCUT2D eigenvalue weighted by molar-refractivity contribution is -0.143. The lowest BCUT2D eigenvalue weighted by Gasteiger charge is -2.18. The van der Waals surface area contributed by atoms with Gasteiger partial charge in [-0.25, -0.2) is 4.79 Å². The van der Waals surface area contributed by atoms with Crippen LogP contribution in [0.2, 0.25) is 5.02 Å². The molecule has 0 saturated heterocycles. The van der Waals surface area contributed by atoms with Gasteiger partial charge in [0.05, 0.1) is 25.9 Å². The van der Waals surface area contributed by atoms with Gasteiger partial charge in [0, 0.05) is 17.1 Å². The Morgan fingerprint density at radius 3 is 2.75 bits per heavy atom. The summed E-state index contributed by atoms with van der Waals surface area (Å²) < 4.78 is 10.2. The molecule has 0 aromatic heterocycles. The van der Waals surface area contributed by atoms with Crippen LogP contribution in [0.15, 0.2) is 42.5 Å². The molecule has 0 aliphatic rings. The number of nitriles is 1. The van der Waals surface area contributed by atoms with Gasteiger partial charge in [-0.15, -0.1) is 0 Å². The average molecular weight is 345 g/mol. The van der Waals surface area contributed by atoms with Crippen LogP contribution in [0, 0.1) is 11.3 Å². The Hall–Kier alpha value is -2.55. The molecule has 0 amide bonds. The Kier molecular flexibility index (Phi) is 6.19. The highest BCUT2D eigenvalue weighted by Crippen LogP contribution is 2.24. The average Bonchev–Trinajstić information content (AvgIpc) is 2.62. The van der Waals surface area contributed by atoms with E-state index in [9.17, 15) is 4.79 Å². The van der Waals surface area contributed by atoms with Gasteiger partial charge < -0.3 is 9.47 Å². The predicted molar refractivity (Wildman–Crippen MR) is 90.8 cm³/mol. The van der Waals surface area contributed by atoms with E-state index in [2.05, 4.69) is 11.4 Å². The number of halogens is 1. The number of methoxy groups -OCH3 is 2. The summed E-state index contributed by atoms with van der Waals surface area (Å²) in [7, 11) is 2.89. The Labute approximate surface area is 145 Å². The molecule has 0 aliphatic heterocycles. The first-order valence-electron chi connectivity index (χ1n) is 7.22. The monoisotopic (exact) mass is 344 g/mol. The van der Waals surface area contributed by atoms with Gasteiger partial charge in [-0.3, -0.25) is 5.32 Å². The van der Waals surface area contributed by atoms with Crippen molar-refractivity contribution < 1.29 is 14.3 Å². The maximum atomic E-state index is 12.1. The topological polar surface area (TPSA) is 71.3 Å². The molecule has 6 heteroatoms. The van der Waals surface area contributed by atoms with Crippen LogP contribution < -0.4 is 10.1 Å². The molecule has 124 valence electrons. The highest BCUT2D eigenvalue weighted by atomic mass is 35.5. The fourth-order valence-electron chi connectivity index (χ4n) is 2.34. The molecule has 2 rings (SSSR count). The van der Waals surface area contributed by atoms with E-state index in [1.54, 1.807) is 49.6 Å². The van der Waals surface area contributed by atoms with Crippen molar-refractivity contribution >= 4 is 17.6 Å². The zero-order valence-corrected chi connectivity index (χ0v) is 14.1. The summed E-state index contributed by atoms with van der Waals surface area (Å²) in [4.78, 5) is 12.1. The quantitative estimate of drug-likeness (QED) is 0.815. The number of carbonyl (C=O) groups excluding carboxylic acids is 1. The van der Waals surface area contributed by atoms with E-state index in [0.29, 0.717) is 28.4 Å². The Bertz CT molecular complexity index is 771. The Balaban J connectivity index is 2.26. The van der Waals surface area contributed by atoms with Crippen LogP contribution in [0.5, 0.6) is 5.75 Å². The van der Waals surface area contributed by atoms with E-state index in [1.165, 1.54) is 7.11 Å². The van der Waals surface area contributed by atoms with Crippen LogP contribution in [0.3, 0.4) is 0 Å². The summed E-state index contributed by atoms with van der Waals surface area (Å²) in [5.74, 6) is 0.229. The zero-order valence-electron chi connectivity index (χ0n) is 13.4. The number of nitrogens with zero attached hydrogens (tertiary/aromatic N) is 1. The van der Waals surface area contributed by atoms with Crippen molar-refractivity contribution in [1.29, 1.82) is 5.26 Å². The van der Waals surface area contributed by atoms with Crippen molar-refractivity contribution in [2.75, 3.05) is 14.2 Å². The first kappa shape index (κ1) is 17.8. The molecular formula is C18H17ClN2O3. The Morgan fingerprint density at radius 2 is 2.08 bits per heavy atom. The van der Waals surface area contributed by atoms with Crippen LogP contribution in [-0.4, -0.2) is 20.2 Å². The normalized spacial score (nSPS) is 11.4. The van der Waals surface area contributed by atoms with Gasteiger partial charge >= 0.3 is 5.97 Å². The van der Waals surface area contributed by atoms with Crippen LogP contribution in [-0.2, 0) is 16.1 Å². The van der Waals surface area contributed by atoms with Gasteiger partial charge in [0.1, 0.15) is 11.8 Å². The lowest BCUT2D eigenvalue weighted by atomic mass is 10.0. The number of carbonyl (C=O) groups is 1. The summed E-state index contributed by atoms with van der Waals surface area (Å²) in [5.41, 5.74) is 1.95. The number of hydrogen-bond donors (Lipinski definition) is 1. The van der Waals surface area contributed by atoms with Gasteiger partial charge in [0.15, 0.2) is 0 Å². The van der Waals surface area contributed by atoms with E-state index in [1.807, 2.05) is 0 Å². The van der Waals surface area contributed by atoms with Gasteiger partial charge in [-0.05, 0) is 35.9 Å². The molecular weight excluding hydrogens is 328 g/mol. The molecule has 2 aromatic carbocycles. The molecule has 0 spiro atoms. The summed E-state index contributed by atoms with van der Waals surface area (Å²) in [6.07, 6.45) is 0. The minimum atomic E-state index is -0.702. The number of ether oxygens (including phenoxy) is 2. The molecule has 24 heavy (non-hydrogen) atoms. The maximum absolute atomic E-state index is 12.1. The van der Waals surface area contributed by atoms with E-state index in [-0.39, 0.29) is 0 Å². The summed E-state index contributed by atoms with van der Waals surface area (Å²) in [5, 5.41) is 12.7. The molecule has 1 unspecified atom stereocenters. The predicted octanol–water partition coefficient (Wildman–Crippen LogP) is 3.22. The van der Waals surface area contributed by atoms with E-state index < -0.39 is 12.0 Å². The number of benzene rings is 2. The van der Waals surface area contributed by atoms with E-state index in [4.69, 9.17) is 26.3 Å². The van der Waals surface area contributed by atoms with Gasteiger partial charge in [0.25, 0.3) is 0 Å². The van der Waals surface area contributed by atoms with Crippen molar-refractivity contribution in [2.24, 2.45) is 0 Å². The summed E-state index contributed by atoms with van der Waals surface area (Å²) >= 11 is 6.02. The van der Waals surface area contributed by atoms with Crippen molar-refractivity contribution in [1.82, 2.24) is 5.32 Å². The van der Waals surface area contributed by atoms with Crippen LogP contribution in [0.1, 0.15) is 22.7 Å². The molecule has 2 aromatic rings. The molecule has 0 aliphatic carbocycles. The molecule has 5 nitrogen and oxygen atoms in total.